The van der Waals surface area contributed by atoms with Crippen LogP contribution in [0.15, 0.2) is 88.1 Å². The molecular formula is C25H19NO6. The van der Waals surface area contributed by atoms with E-state index in [1.165, 1.54) is 19.2 Å². The summed E-state index contributed by atoms with van der Waals surface area (Å²) < 4.78 is 15.7. The van der Waals surface area contributed by atoms with E-state index in [4.69, 9.17) is 13.9 Å². The highest BCUT2D eigenvalue weighted by Gasteiger charge is 2.15. The summed E-state index contributed by atoms with van der Waals surface area (Å²) in [5, 5.41) is 3.23. The van der Waals surface area contributed by atoms with Crippen LogP contribution in [-0.4, -0.2) is 19.0 Å². The van der Waals surface area contributed by atoms with Crippen molar-refractivity contribution in [1.29, 1.82) is 0 Å². The fourth-order valence-corrected chi connectivity index (χ4v) is 3.08. The summed E-state index contributed by atoms with van der Waals surface area (Å²) >= 11 is 0. The number of rotatable bonds is 6. The molecule has 1 amide bonds. The molecule has 32 heavy (non-hydrogen) atoms. The first kappa shape index (κ1) is 20.9. The maximum absolute atomic E-state index is 12.4. The summed E-state index contributed by atoms with van der Waals surface area (Å²) in [6.07, 6.45) is 0. The molecule has 0 spiro atoms. The number of fused-ring (bicyclic) bond motifs is 1. The van der Waals surface area contributed by atoms with Gasteiger partial charge >= 0.3 is 11.6 Å². The van der Waals surface area contributed by atoms with Crippen molar-refractivity contribution >= 4 is 22.8 Å². The lowest BCUT2D eigenvalue weighted by Crippen LogP contribution is -2.27. The fraction of sp³-hybridized carbons (Fsp3) is 0.0800. The summed E-state index contributed by atoms with van der Waals surface area (Å²) in [5.74, 6) is -0.258. The van der Waals surface area contributed by atoms with Crippen molar-refractivity contribution in [3.05, 3.63) is 106 Å². The Bertz CT molecular complexity index is 1330. The maximum Gasteiger partial charge on any atom is 0.349 e. The molecule has 7 nitrogen and oxygen atoms in total. The van der Waals surface area contributed by atoms with Gasteiger partial charge < -0.3 is 19.2 Å². The molecular weight excluding hydrogens is 410 g/mol. The van der Waals surface area contributed by atoms with Crippen molar-refractivity contribution in [2.75, 3.05) is 7.11 Å². The van der Waals surface area contributed by atoms with E-state index in [-0.39, 0.29) is 23.4 Å². The van der Waals surface area contributed by atoms with Gasteiger partial charge in [-0.05, 0) is 48.0 Å². The summed E-state index contributed by atoms with van der Waals surface area (Å²) in [7, 11) is 1.54. The Morgan fingerprint density at radius 1 is 0.906 bits per heavy atom. The summed E-state index contributed by atoms with van der Waals surface area (Å²) in [4.78, 5) is 37.1. The maximum atomic E-state index is 12.4. The third-order valence-corrected chi connectivity index (χ3v) is 4.78. The number of hydrogen-bond acceptors (Lipinski definition) is 6. The zero-order valence-electron chi connectivity index (χ0n) is 17.2. The number of benzene rings is 3. The van der Waals surface area contributed by atoms with E-state index >= 15 is 0 Å². The van der Waals surface area contributed by atoms with Crippen LogP contribution < -0.4 is 20.4 Å². The van der Waals surface area contributed by atoms with Gasteiger partial charge in [0.1, 0.15) is 22.6 Å². The minimum atomic E-state index is -0.776. The van der Waals surface area contributed by atoms with Gasteiger partial charge in [-0.1, -0.05) is 30.3 Å². The Hall–Kier alpha value is -4.39. The largest absolute Gasteiger partial charge is 0.497 e. The molecule has 4 rings (SSSR count). The molecule has 0 unspecified atom stereocenters. The molecule has 1 aromatic heterocycles. The number of nitrogens with one attached hydrogen (secondary N) is 1. The molecule has 1 N–H and O–H groups in total. The minimum absolute atomic E-state index is 0.101. The fourth-order valence-electron chi connectivity index (χ4n) is 3.08. The standard InChI is InChI=1S/C25H19NO6/c1-30-19-10-7-17(8-11-19)24(28)31-20-12-9-18-13-21(25(29)32-22(18)14-20)23(27)26-15-16-5-3-2-4-6-16/h2-14H,15H2,1H3,(H,26,27). The number of carbonyl (C=O) groups is 2. The molecule has 0 saturated heterocycles. The predicted molar refractivity (Wildman–Crippen MR) is 118 cm³/mol. The topological polar surface area (TPSA) is 94.8 Å². The number of carbonyl (C=O) groups excluding carboxylic acids is 2. The molecule has 160 valence electrons. The highest BCUT2D eigenvalue weighted by atomic mass is 16.5. The highest BCUT2D eigenvalue weighted by molar-refractivity contribution is 5.97. The molecule has 0 aliphatic carbocycles. The van der Waals surface area contributed by atoms with Gasteiger partial charge in [0.05, 0.1) is 12.7 Å². The molecule has 4 aromatic rings. The second-order valence-electron chi connectivity index (χ2n) is 6.93. The van der Waals surface area contributed by atoms with Gasteiger partial charge in [0.15, 0.2) is 0 Å². The predicted octanol–water partition coefficient (Wildman–Crippen LogP) is 3.95. The van der Waals surface area contributed by atoms with Crippen LogP contribution in [0, 0.1) is 0 Å². The van der Waals surface area contributed by atoms with Gasteiger partial charge in [0, 0.05) is 18.0 Å². The Kier molecular flexibility index (Phi) is 5.98. The average Bonchev–Trinajstić information content (AvgIpc) is 2.82. The Morgan fingerprint density at radius 2 is 1.62 bits per heavy atom. The van der Waals surface area contributed by atoms with Crippen LogP contribution in [0.25, 0.3) is 11.0 Å². The van der Waals surface area contributed by atoms with Crippen LogP contribution in [0.3, 0.4) is 0 Å². The molecule has 0 fully saturated rings. The SMILES string of the molecule is COc1ccc(C(=O)Oc2ccc3cc(C(=O)NCc4ccccc4)c(=O)oc3c2)cc1. The molecule has 7 heteroatoms. The van der Waals surface area contributed by atoms with E-state index in [0.717, 1.165) is 5.56 Å². The number of amides is 1. The van der Waals surface area contributed by atoms with Crippen molar-refractivity contribution in [2.24, 2.45) is 0 Å². The van der Waals surface area contributed by atoms with Gasteiger partial charge in [-0.15, -0.1) is 0 Å². The molecule has 0 atom stereocenters. The average molecular weight is 429 g/mol. The highest BCUT2D eigenvalue weighted by Crippen LogP contribution is 2.22. The van der Waals surface area contributed by atoms with E-state index in [9.17, 15) is 14.4 Å². The molecule has 1 heterocycles. The molecule has 0 radical (unpaired) electrons. The first-order valence-corrected chi connectivity index (χ1v) is 9.80. The smallest absolute Gasteiger partial charge is 0.349 e. The normalized spacial score (nSPS) is 10.5. The summed E-state index contributed by atoms with van der Waals surface area (Å²) in [6.45, 7) is 0.289. The molecule has 3 aromatic carbocycles. The van der Waals surface area contributed by atoms with Crippen molar-refractivity contribution in [2.45, 2.75) is 6.54 Å². The van der Waals surface area contributed by atoms with Crippen molar-refractivity contribution in [1.82, 2.24) is 5.32 Å². The number of methoxy groups -OCH3 is 1. The minimum Gasteiger partial charge on any atom is -0.497 e. The third kappa shape index (κ3) is 4.67. The van der Waals surface area contributed by atoms with Crippen LogP contribution in [0.1, 0.15) is 26.3 Å². The molecule has 0 aliphatic rings. The van der Waals surface area contributed by atoms with Crippen LogP contribution in [-0.2, 0) is 6.54 Å². The van der Waals surface area contributed by atoms with Crippen LogP contribution in [0.5, 0.6) is 11.5 Å². The lowest BCUT2D eigenvalue weighted by atomic mass is 10.1. The van der Waals surface area contributed by atoms with Gasteiger partial charge in [-0.2, -0.15) is 0 Å². The monoisotopic (exact) mass is 429 g/mol. The van der Waals surface area contributed by atoms with E-state index in [0.29, 0.717) is 16.7 Å². The van der Waals surface area contributed by atoms with Crippen LogP contribution >= 0.6 is 0 Å². The van der Waals surface area contributed by atoms with E-state index < -0.39 is 17.5 Å². The number of esters is 1. The second-order valence-corrected chi connectivity index (χ2v) is 6.93. The van der Waals surface area contributed by atoms with Crippen molar-refractivity contribution in [3.8, 4) is 11.5 Å². The number of ether oxygens (including phenoxy) is 2. The van der Waals surface area contributed by atoms with E-state index in [2.05, 4.69) is 5.32 Å². The third-order valence-electron chi connectivity index (χ3n) is 4.78. The first-order chi connectivity index (χ1) is 15.5. The zero-order valence-corrected chi connectivity index (χ0v) is 17.2. The summed E-state index contributed by atoms with van der Waals surface area (Å²) in [5.41, 5.74) is 0.583. The van der Waals surface area contributed by atoms with E-state index in [1.807, 2.05) is 30.3 Å². The van der Waals surface area contributed by atoms with Crippen molar-refractivity contribution in [3.63, 3.8) is 0 Å². The summed E-state index contributed by atoms with van der Waals surface area (Å²) in [6, 6.07) is 21.9. The van der Waals surface area contributed by atoms with Gasteiger partial charge in [0.2, 0.25) is 0 Å². The zero-order chi connectivity index (χ0) is 22.5. The Morgan fingerprint density at radius 3 is 2.34 bits per heavy atom. The lowest BCUT2D eigenvalue weighted by Gasteiger charge is -2.07. The molecule has 0 aliphatic heterocycles. The molecule has 0 saturated carbocycles. The van der Waals surface area contributed by atoms with Gasteiger partial charge in [-0.3, -0.25) is 4.79 Å². The van der Waals surface area contributed by atoms with Crippen molar-refractivity contribution < 1.29 is 23.5 Å². The van der Waals surface area contributed by atoms with Gasteiger partial charge in [0.25, 0.3) is 5.91 Å². The van der Waals surface area contributed by atoms with Gasteiger partial charge in [-0.25, -0.2) is 9.59 Å². The quantitative estimate of drug-likeness (QED) is 0.283. The van der Waals surface area contributed by atoms with Crippen LogP contribution in [0.2, 0.25) is 0 Å². The second kappa shape index (κ2) is 9.18. The Balaban J connectivity index is 1.50. The molecule has 0 bridgehead atoms. The Labute approximate surface area is 183 Å². The first-order valence-electron chi connectivity index (χ1n) is 9.80. The van der Waals surface area contributed by atoms with Crippen LogP contribution in [0.4, 0.5) is 0 Å². The lowest BCUT2D eigenvalue weighted by molar-refractivity contribution is 0.0734. The number of hydrogen-bond donors (Lipinski definition) is 1. The van der Waals surface area contributed by atoms with E-state index in [1.54, 1.807) is 36.4 Å².